The largest absolute Gasteiger partial charge is 0.370 e. The Morgan fingerprint density at radius 2 is 0.625 bits per heavy atom. The summed E-state index contributed by atoms with van der Waals surface area (Å²) in [5.41, 5.74) is 0. The zero-order valence-corrected chi connectivity index (χ0v) is 27.3. The van der Waals surface area contributed by atoms with Crippen LogP contribution in [0.3, 0.4) is 0 Å². The molecule has 0 bridgehead atoms. The topological polar surface area (TPSA) is 49.8 Å². The van der Waals surface area contributed by atoms with Crippen molar-refractivity contribution in [1.82, 2.24) is 9.97 Å². The Labute approximate surface area is 251 Å². The van der Waals surface area contributed by atoms with E-state index in [9.17, 15) is 0 Å². The van der Waals surface area contributed by atoms with Gasteiger partial charge < -0.3 is 10.6 Å². The highest BCUT2D eigenvalue weighted by Crippen LogP contribution is 2.15. The van der Waals surface area contributed by atoms with E-state index in [1.54, 1.807) is 6.33 Å². The van der Waals surface area contributed by atoms with Crippen molar-refractivity contribution in [2.24, 2.45) is 0 Å². The van der Waals surface area contributed by atoms with Crippen LogP contribution in [-0.4, -0.2) is 23.1 Å². The molecule has 0 aliphatic rings. The molecule has 0 unspecified atom stereocenters. The fourth-order valence-corrected chi connectivity index (χ4v) is 5.62. The van der Waals surface area contributed by atoms with Crippen molar-refractivity contribution in [3.05, 3.63) is 12.4 Å². The SMILES string of the molecule is CCCCCCCCCCCCCCCCNc1cc(NCCCCCCCCCCCCCCCC)ncn1. The van der Waals surface area contributed by atoms with Crippen molar-refractivity contribution >= 4 is 11.6 Å². The molecule has 0 aliphatic heterocycles. The molecule has 2 N–H and O–H groups in total. The van der Waals surface area contributed by atoms with Gasteiger partial charge in [-0.2, -0.15) is 0 Å². The Balaban J connectivity index is 1.86. The highest BCUT2D eigenvalue weighted by Gasteiger charge is 2.00. The molecular weight excluding hydrogens is 488 g/mol. The van der Waals surface area contributed by atoms with Gasteiger partial charge in [-0.1, -0.05) is 181 Å². The summed E-state index contributed by atoms with van der Waals surface area (Å²) >= 11 is 0. The van der Waals surface area contributed by atoms with E-state index in [4.69, 9.17) is 0 Å². The van der Waals surface area contributed by atoms with Crippen molar-refractivity contribution < 1.29 is 0 Å². The molecular formula is C36H70N4. The van der Waals surface area contributed by atoms with Gasteiger partial charge in [0.25, 0.3) is 0 Å². The van der Waals surface area contributed by atoms with Crippen LogP contribution in [0.5, 0.6) is 0 Å². The Bertz CT molecular complexity index is 571. The third-order valence-corrected chi connectivity index (χ3v) is 8.34. The lowest BCUT2D eigenvalue weighted by atomic mass is 10.0. The molecule has 0 aromatic carbocycles. The summed E-state index contributed by atoms with van der Waals surface area (Å²) in [4.78, 5) is 8.80. The molecule has 0 amide bonds. The van der Waals surface area contributed by atoms with E-state index < -0.39 is 0 Å². The van der Waals surface area contributed by atoms with Gasteiger partial charge >= 0.3 is 0 Å². The Hall–Kier alpha value is -1.32. The Morgan fingerprint density at radius 1 is 0.375 bits per heavy atom. The van der Waals surface area contributed by atoms with E-state index in [0.717, 1.165) is 24.7 Å². The summed E-state index contributed by atoms with van der Waals surface area (Å²) in [6.07, 6.45) is 41.0. The molecule has 0 atom stereocenters. The lowest BCUT2D eigenvalue weighted by Crippen LogP contribution is -2.07. The first kappa shape index (κ1) is 36.7. The van der Waals surface area contributed by atoms with Gasteiger partial charge in [-0.3, -0.25) is 0 Å². The summed E-state index contributed by atoms with van der Waals surface area (Å²) in [6.45, 7) is 6.61. The minimum Gasteiger partial charge on any atom is -0.370 e. The molecule has 0 saturated carbocycles. The number of anilines is 2. The molecule has 1 rings (SSSR count). The number of hydrogen-bond donors (Lipinski definition) is 2. The average molecular weight is 559 g/mol. The number of aromatic nitrogens is 2. The van der Waals surface area contributed by atoms with Crippen molar-refractivity contribution in [3.63, 3.8) is 0 Å². The van der Waals surface area contributed by atoms with Gasteiger partial charge in [0, 0.05) is 19.2 Å². The van der Waals surface area contributed by atoms with Crippen LogP contribution < -0.4 is 10.6 Å². The Morgan fingerprint density at radius 3 is 0.900 bits per heavy atom. The van der Waals surface area contributed by atoms with Gasteiger partial charge in [-0.15, -0.1) is 0 Å². The molecule has 0 spiro atoms. The maximum absolute atomic E-state index is 4.40. The average Bonchev–Trinajstić information content (AvgIpc) is 2.97. The van der Waals surface area contributed by atoms with E-state index in [0.29, 0.717) is 0 Å². The molecule has 0 aliphatic carbocycles. The van der Waals surface area contributed by atoms with Crippen LogP contribution in [0.1, 0.15) is 194 Å². The minimum atomic E-state index is 0.952. The van der Waals surface area contributed by atoms with Crippen molar-refractivity contribution in [2.75, 3.05) is 23.7 Å². The zero-order valence-electron chi connectivity index (χ0n) is 27.3. The van der Waals surface area contributed by atoms with Gasteiger partial charge in [0.15, 0.2) is 0 Å². The molecule has 4 nitrogen and oxygen atoms in total. The first-order valence-corrected chi connectivity index (χ1v) is 18.2. The molecule has 1 heterocycles. The molecule has 0 saturated heterocycles. The predicted molar refractivity (Wildman–Crippen MR) is 180 cm³/mol. The first-order chi connectivity index (χ1) is 19.9. The van der Waals surface area contributed by atoms with E-state index in [-0.39, 0.29) is 0 Å². The Kier molecular flexibility index (Phi) is 28.1. The number of hydrogen-bond acceptors (Lipinski definition) is 4. The van der Waals surface area contributed by atoms with Gasteiger partial charge in [-0.05, 0) is 12.8 Å². The fourth-order valence-electron chi connectivity index (χ4n) is 5.62. The second-order valence-corrected chi connectivity index (χ2v) is 12.3. The molecule has 1 aromatic heterocycles. The predicted octanol–water partition coefficient (Wildman–Crippen LogP) is 12.3. The lowest BCUT2D eigenvalue weighted by Gasteiger charge is -2.09. The summed E-state index contributed by atoms with van der Waals surface area (Å²) in [5, 5.41) is 6.98. The standard InChI is InChI=1S/C36H70N4/c1-3-5-7-9-11-13-15-17-19-21-23-25-27-29-31-37-35-33-36(40-34-39-35)38-32-30-28-26-24-22-20-18-16-14-12-10-8-6-4-2/h33-34H,3-32H2,1-2H3,(H2,37,38,39,40). The smallest absolute Gasteiger partial charge is 0.131 e. The quantitative estimate of drug-likeness (QED) is 0.0863. The van der Waals surface area contributed by atoms with Gasteiger partial charge in [0.2, 0.25) is 0 Å². The normalized spacial score (nSPS) is 11.2. The van der Waals surface area contributed by atoms with Crippen LogP contribution in [0.25, 0.3) is 0 Å². The van der Waals surface area contributed by atoms with Crippen molar-refractivity contribution in [3.8, 4) is 0 Å². The van der Waals surface area contributed by atoms with Crippen LogP contribution in [-0.2, 0) is 0 Å². The second-order valence-electron chi connectivity index (χ2n) is 12.3. The van der Waals surface area contributed by atoms with E-state index in [1.807, 2.05) is 0 Å². The van der Waals surface area contributed by atoms with Crippen molar-refractivity contribution in [1.29, 1.82) is 0 Å². The monoisotopic (exact) mass is 559 g/mol. The molecule has 4 heteroatoms. The maximum Gasteiger partial charge on any atom is 0.131 e. The number of nitrogens with one attached hydrogen (secondary N) is 2. The second kappa shape index (κ2) is 30.6. The van der Waals surface area contributed by atoms with Crippen LogP contribution in [0, 0.1) is 0 Å². The number of nitrogens with zero attached hydrogens (tertiary/aromatic N) is 2. The third-order valence-electron chi connectivity index (χ3n) is 8.34. The van der Waals surface area contributed by atoms with E-state index in [1.165, 1.54) is 180 Å². The first-order valence-electron chi connectivity index (χ1n) is 18.2. The zero-order chi connectivity index (χ0) is 28.6. The highest BCUT2D eigenvalue weighted by molar-refractivity contribution is 5.46. The van der Waals surface area contributed by atoms with Gasteiger partial charge in [-0.25, -0.2) is 9.97 Å². The summed E-state index contributed by atoms with van der Waals surface area (Å²) < 4.78 is 0. The van der Waals surface area contributed by atoms with E-state index >= 15 is 0 Å². The van der Waals surface area contributed by atoms with Crippen LogP contribution >= 0.6 is 0 Å². The van der Waals surface area contributed by atoms with Crippen LogP contribution in [0.2, 0.25) is 0 Å². The molecule has 0 fully saturated rings. The maximum atomic E-state index is 4.40. The summed E-state index contributed by atoms with van der Waals surface area (Å²) in [5.74, 6) is 1.90. The summed E-state index contributed by atoms with van der Waals surface area (Å²) in [7, 11) is 0. The minimum absolute atomic E-state index is 0.952. The molecule has 1 aromatic rings. The third kappa shape index (κ3) is 25.6. The van der Waals surface area contributed by atoms with Gasteiger partial charge in [0.05, 0.1) is 0 Å². The fraction of sp³-hybridized carbons (Fsp3) is 0.889. The number of rotatable bonds is 32. The van der Waals surface area contributed by atoms with E-state index in [2.05, 4.69) is 40.5 Å². The van der Waals surface area contributed by atoms with Crippen molar-refractivity contribution in [2.45, 2.75) is 194 Å². The summed E-state index contributed by atoms with van der Waals surface area (Å²) in [6, 6.07) is 2.06. The highest BCUT2D eigenvalue weighted by atomic mass is 15.1. The lowest BCUT2D eigenvalue weighted by molar-refractivity contribution is 0.537. The van der Waals surface area contributed by atoms with Crippen LogP contribution in [0.15, 0.2) is 12.4 Å². The molecule has 0 radical (unpaired) electrons. The number of unbranched alkanes of at least 4 members (excludes halogenated alkanes) is 26. The van der Waals surface area contributed by atoms with Gasteiger partial charge in [0.1, 0.15) is 18.0 Å². The van der Waals surface area contributed by atoms with Crippen LogP contribution in [0.4, 0.5) is 11.6 Å². The molecule has 40 heavy (non-hydrogen) atoms. The molecule has 234 valence electrons.